The van der Waals surface area contributed by atoms with Gasteiger partial charge in [-0.1, -0.05) is 72.8 Å². The molecule has 0 aliphatic carbocycles. The van der Waals surface area contributed by atoms with Crippen LogP contribution in [0, 0.1) is 11.6 Å². The largest absolute Gasteiger partial charge is 0.478 e. The van der Waals surface area contributed by atoms with Gasteiger partial charge in [0.05, 0.1) is 28.9 Å². The summed E-state index contributed by atoms with van der Waals surface area (Å²) in [6.45, 7) is 1.94. The number of hydrogen-bond donors (Lipinski definition) is 1. The van der Waals surface area contributed by atoms with Crippen LogP contribution in [0.2, 0.25) is 0 Å². The molecular formula is C48H32F8O4S2. The van der Waals surface area contributed by atoms with Gasteiger partial charge in [0.15, 0.2) is 0 Å². The maximum atomic E-state index is 14.9. The van der Waals surface area contributed by atoms with Crippen LogP contribution in [0.3, 0.4) is 0 Å². The van der Waals surface area contributed by atoms with Crippen LogP contribution in [0.25, 0.3) is 42.4 Å². The Bertz CT molecular complexity index is 2950. The summed E-state index contributed by atoms with van der Waals surface area (Å²) in [5.41, 5.74) is 1.61. The SMILES string of the molecule is CCOC(=O)c1cccc(-c2c(F)ccc3cc(Cc4cccc(C(F)(F)F)c4)sc23)c1.O=C(O)c1cccc(-c2c(F)ccc3cc(Cc4cccc(C(F)(F)F)c4)sc23)c1. The fourth-order valence-electron chi connectivity index (χ4n) is 6.92. The van der Waals surface area contributed by atoms with E-state index in [2.05, 4.69) is 0 Å². The average Bonchev–Trinajstić information content (AvgIpc) is 3.84. The minimum atomic E-state index is -4.42. The number of hydrogen-bond acceptors (Lipinski definition) is 5. The molecule has 2 heterocycles. The monoisotopic (exact) mass is 888 g/mol. The molecule has 6 aromatic carbocycles. The summed E-state index contributed by atoms with van der Waals surface area (Å²) in [6.07, 6.45) is -8.25. The van der Waals surface area contributed by atoms with E-state index in [9.17, 15) is 49.8 Å². The first-order valence-corrected chi connectivity index (χ1v) is 20.5. The molecule has 14 heteroatoms. The van der Waals surface area contributed by atoms with Gasteiger partial charge >= 0.3 is 24.3 Å². The summed E-state index contributed by atoms with van der Waals surface area (Å²) in [5.74, 6) is -2.53. The molecule has 0 fully saturated rings. The second kappa shape index (κ2) is 17.9. The van der Waals surface area contributed by atoms with Gasteiger partial charge in [-0.2, -0.15) is 26.3 Å². The Morgan fingerprint density at radius 2 is 1.00 bits per heavy atom. The minimum Gasteiger partial charge on any atom is -0.478 e. The van der Waals surface area contributed by atoms with Gasteiger partial charge in [-0.15, -0.1) is 22.7 Å². The molecule has 0 aliphatic heterocycles. The molecule has 8 aromatic rings. The van der Waals surface area contributed by atoms with E-state index in [1.807, 2.05) is 12.1 Å². The van der Waals surface area contributed by atoms with E-state index in [-0.39, 0.29) is 24.2 Å². The molecule has 0 saturated heterocycles. The maximum absolute atomic E-state index is 14.9. The predicted octanol–water partition coefficient (Wildman–Crippen LogP) is 14.5. The van der Waals surface area contributed by atoms with Gasteiger partial charge in [0.25, 0.3) is 0 Å². The lowest BCUT2D eigenvalue weighted by Crippen LogP contribution is -2.05. The lowest BCUT2D eigenvalue weighted by Gasteiger charge is -2.08. The molecular weight excluding hydrogens is 857 g/mol. The van der Waals surface area contributed by atoms with Crippen LogP contribution in [0.15, 0.2) is 133 Å². The van der Waals surface area contributed by atoms with Gasteiger partial charge in [-0.25, -0.2) is 18.4 Å². The maximum Gasteiger partial charge on any atom is 0.416 e. The number of carboxylic acid groups (broad SMARTS) is 1. The van der Waals surface area contributed by atoms with Crippen molar-refractivity contribution >= 4 is 54.8 Å². The third kappa shape index (κ3) is 9.87. The van der Waals surface area contributed by atoms with Gasteiger partial charge in [0.2, 0.25) is 0 Å². The van der Waals surface area contributed by atoms with Crippen LogP contribution in [0.5, 0.6) is 0 Å². The molecule has 0 bridgehead atoms. The van der Waals surface area contributed by atoms with E-state index >= 15 is 0 Å². The van der Waals surface area contributed by atoms with E-state index in [1.165, 1.54) is 59.1 Å². The molecule has 0 spiro atoms. The fraction of sp³-hybridized carbons (Fsp3) is 0.125. The van der Waals surface area contributed by atoms with E-state index in [0.29, 0.717) is 49.2 Å². The lowest BCUT2D eigenvalue weighted by atomic mass is 10.0. The Kier molecular flexibility index (Phi) is 12.6. The van der Waals surface area contributed by atoms with Gasteiger partial charge in [0.1, 0.15) is 11.6 Å². The van der Waals surface area contributed by atoms with Crippen molar-refractivity contribution in [3.63, 3.8) is 0 Å². The van der Waals surface area contributed by atoms with Crippen molar-refractivity contribution in [2.75, 3.05) is 6.61 Å². The van der Waals surface area contributed by atoms with E-state index < -0.39 is 47.1 Å². The highest BCUT2D eigenvalue weighted by atomic mass is 32.1. The zero-order valence-electron chi connectivity index (χ0n) is 32.3. The normalized spacial score (nSPS) is 11.7. The Labute approximate surface area is 357 Å². The van der Waals surface area contributed by atoms with Crippen molar-refractivity contribution in [1.82, 2.24) is 0 Å². The number of rotatable bonds is 9. The first kappa shape index (κ1) is 43.7. The molecule has 0 aliphatic rings. The Morgan fingerprint density at radius 1 is 0.565 bits per heavy atom. The first-order chi connectivity index (χ1) is 29.5. The van der Waals surface area contributed by atoms with Crippen molar-refractivity contribution in [3.05, 3.63) is 188 Å². The number of carboxylic acids is 1. The summed E-state index contributed by atoms with van der Waals surface area (Å²) in [7, 11) is 0. The zero-order valence-corrected chi connectivity index (χ0v) is 34.0. The number of esters is 1. The van der Waals surface area contributed by atoms with Gasteiger partial charge in [-0.3, -0.25) is 0 Å². The van der Waals surface area contributed by atoms with Crippen molar-refractivity contribution < 1.29 is 54.6 Å². The predicted molar refractivity (Wildman–Crippen MR) is 226 cm³/mol. The van der Waals surface area contributed by atoms with Crippen LogP contribution in [0.1, 0.15) is 59.6 Å². The first-order valence-electron chi connectivity index (χ1n) is 18.8. The molecule has 316 valence electrons. The summed E-state index contributed by atoms with van der Waals surface area (Å²) in [4.78, 5) is 25.0. The fourth-order valence-corrected chi connectivity index (χ4v) is 9.42. The Balaban J connectivity index is 0.000000187. The Morgan fingerprint density at radius 3 is 1.44 bits per heavy atom. The lowest BCUT2D eigenvalue weighted by molar-refractivity contribution is -0.138. The molecule has 0 saturated carbocycles. The molecule has 2 aromatic heterocycles. The highest BCUT2D eigenvalue weighted by Crippen LogP contribution is 2.40. The van der Waals surface area contributed by atoms with Crippen LogP contribution < -0.4 is 0 Å². The molecule has 0 radical (unpaired) electrons. The second-order valence-electron chi connectivity index (χ2n) is 14.0. The van der Waals surface area contributed by atoms with Gasteiger partial charge < -0.3 is 9.84 Å². The molecule has 1 N–H and O–H groups in total. The molecule has 0 amide bonds. The van der Waals surface area contributed by atoms with E-state index in [1.54, 1.807) is 67.6 Å². The highest BCUT2D eigenvalue weighted by Gasteiger charge is 2.31. The number of benzene rings is 6. The molecule has 0 unspecified atom stereocenters. The summed E-state index contributed by atoms with van der Waals surface area (Å²) >= 11 is 2.61. The number of halogens is 8. The molecule has 62 heavy (non-hydrogen) atoms. The van der Waals surface area contributed by atoms with Gasteiger partial charge in [-0.05, 0) is 101 Å². The van der Waals surface area contributed by atoms with Crippen molar-refractivity contribution in [2.24, 2.45) is 0 Å². The standard InChI is InChI=1S/C25H18F4O2S.C23H14F4O2S/c1-2-31-24(30)18-7-4-6-16(13-18)22-21(26)10-9-17-14-20(32-23(17)22)12-15-5-3-8-19(11-15)25(27,28)29;24-19-8-7-15-12-18(10-13-3-1-6-17(9-13)23(25,26)27)30-21(15)20(19)14-4-2-5-16(11-14)22(28)29/h3-11,13-14H,2,12H2,1H3;1-9,11-12H,10H2,(H,28,29). The van der Waals surface area contributed by atoms with Crippen molar-refractivity contribution in [2.45, 2.75) is 32.1 Å². The number of ether oxygens (including phenoxy) is 1. The van der Waals surface area contributed by atoms with Crippen LogP contribution in [-0.4, -0.2) is 23.7 Å². The topological polar surface area (TPSA) is 63.6 Å². The molecule has 8 rings (SSSR count). The smallest absolute Gasteiger partial charge is 0.416 e. The van der Waals surface area contributed by atoms with E-state index in [0.717, 1.165) is 44.8 Å². The Hall–Kier alpha value is -6.38. The van der Waals surface area contributed by atoms with Gasteiger partial charge in [0, 0.05) is 43.1 Å². The zero-order chi connectivity index (χ0) is 44.3. The number of carbonyl (C=O) groups excluding carboxylic acids is 1. The number of carbonyl (C=O) groups is 2. The number of alkyl halides is 6. The number of aromatic carboxylic acids is 1. The summed E-state index contributed by atoms with van der Waals surface area (Å²) in [6, 6.07) is 32.5. The summed E-state index contributed by atoms with van der Waals surface area (Å²) < 4.78 is 114. The third-order valence-electron chi connectivity index (χ3n) is 9.70. The van der Waals surface area contributed by atoms with Crippen LogP contribution in [0.4, 0.5) is 35.1 Å². The van der Waals surface area contributed by atoms with Crippen molar-refractivity contribution in [1.29, 1.82) is 0 Å². The highest BCUT2D eigenvalue weighted by molar-refractivity contribution is 7.20. The quantitative estimate of drug-likeness (QED) is 0.116. The number of thiophene rings is 2. The van der Waals surface area contributed by atoms with Crippen LogP contribution >= 0.6 is 22.7 Å². The number of fused-ring (bicyclic) bond motifs is 2. The van der Waals surface area contributed by atoms with E-state index in [4.69, 9.17) is 4.74 Å². The molecule has 4 nitrogen and oxygen atoms in total. The second-order valence-corrected chi connectivity index (χ2v) is 16.3. The summed E-state index contributed by atoms with van der Waals surface area (Å²) in [5, 5.41) is 10.8. The van der Waals surface area contributed by atoms with Crippen molar-refractivity contribution in [3.8, 4) is 22.3 Å². The third-order valence-corrected chi connectivity index (χ3v) is 12.0. The minimum absolute atomic E-state index is 0.0460. The average molecular weight is 889 g/mol. The van der Waals surface area contributed by atoms with Crippen LogP contribution in [-0.2, 0) is 29.9 Å². The molecule has 0 atom stereocenters.